The van der Waals surface area contributed by atoms with Crippen LogP contribution in [0.25, 0.3) is 10.1 Å². The predicted molar refractivity (Wildman–Crippen MR) is 128 cm³/mol. The lowest BCUT2D eigenvalue weighted by atomic mass is 10.2. The van der Waals surface area contributed by atoms with Crippen molar-refractivity contribution in [3.05, 3.63) is 53.9 Å². The van der Waals surface area contributed by atoms with Gasteiger partial charge in [0.25, 0.3) is 0 Å². The van der Waals surface area contributed by atoms with E-state index in [0.717, 1.165) is 10.1 Å². The fraction of sp³-hybridized carbons (Fsp3) is 0.348. The van der Waals surface area contributed by atoms with Gasteiger partial charge in [0.2, 0.25) is 10.0 Å². The molecule has 33 heavy (non-hydrogen) atoms. The number of nitrogens with zero attached hydrogens (tertiary/aromatic N) is 1. The molecule has 1 atom stereocenters. The third-order valence-electron chi connectivity index (χ3n) is 4.80. The molecule has 1 aromatic heterocycles. The van der Waals surface area contributed by atoms with E-state index in [1.165, 1.54) is 23.5 Å². The molecule has 178 valence electrons. The number of amides is 1. The summed E-state index contributed by atoms with van der Waals surface area (Å²) >= 11 is 1.59. The van der Waals surface area contributed by atoms with Gasteiger partial charge in [-0.3, -0.25) is 0 Å². The number of thiophene rings is 1. The summed E-state index contributed by atoms with van der Waals surface area (Å²) in [7, 11) is -2.34. The molecule has 2 aromatic carbocycles. The number of rotatable bonds is 10. The molecule has 0 aliphatic heterocycles. The first kappa shape index (κ1) is 25.0. The van der Waals surface area contributed by atoms with Crippen LogP contribution in [0.2, 0.25) is 0 Å². The number of methoxy groups -OCH3 is 1. The molecule has 8 nitrogen and oxygen atoms in total. The van der Waals surface area contributed by atoms with Gasteiger partial charge >= 0.3 is 6.09 Å². The summed E-state index contributed by atoms with van der Waals surface area (Å²) in [6, 6.07) is 13.3. The van der Waals surface area contributed by atoms with E-state index < -0.39 is 22.2 Å². The minimum atomic E-state index is -3.84. The fourth-order valence-corrected chi connectivity index (χ4v) is 5.64. The Morgan fingerprint density at radius 1 is 1.09 bits per heavy atom. The van der Waals surface area contributed by atoms with Crippen molar-refractivity contribution in [1.29, 1.82) is 0 Å². The maximum Gasteiger partial charge on any atom is 0.412 e. The number of aliphatic hydroxyl groups excluding tert-OH is 1. The highest BCUT2D eigenvalue weighted by Gasteiger charge is 2.27. The summed E-state index contributed by atoms with van der Waals surface area (Å²) in [6.45, 7) is 3.67. The van der Waals surface area contributed by atoms with Crippen LogP contribution in [0.5, 0.6) is 11.5 Å². The van der Waals surface area contributed by atoms with Crippen LogP contribution in [-0.2, 0) is 10.0 Å². The van der Waals surface area contributed by atoms with Crippen LogP contribution in [0, 0.1) is 5.92 Å². The quantitative estimate of drug-likeness (QED) is 0.447. The first-order valence-corrected chi connectivity index (χ1v) is 12.8. The van der Waals surface area contributed by atoms with Gasteiger partial charge in [-0.2, -0.15) is 4.31 Å². The SMILES string of the molecule is COc1ccc(S(=O)(=O)N(CC(C)C)C[C@@H](O)CNC(=O)Oc2ccc3sccc3c2)cc1. The molecule has 3 rings (SSSR count). The maximum absolute atomic E-state index is 13.1. The third kappa shape index (κ3) is 6.67. The van der Waals surface area contributed by atoms with Gasteiger partial charge in [-0.15, -0.1) is 11.3 Å². The van der Waals surface area contributed by atoms with Gasteiger partial charge in [-0.05, 0) is 65.2 Å². The number of carbonyl (C=O) groups is 1. The molecule has 0 radical (unpaired) electrons. The van der Waals surface area contributed by atoms with E-state index in [-0.39, 0.29) is 30.4 Å². The summed E-state index contributed by atoms with van der Waals surface area (Å²) in [6.07, 6.45) is -1.85. The van der Waals surface area contributed by atoms with Crippen LogP contribution in [-0.4, -0.2) is 56.8 Å². The molecule has 1 amide bonds. The number of carbonyl (C=O) groups excluding carboxylic acids is 1. The molecule has 0 saturated heterocycles. The minimum absolute atomic E-state index is 0.0372. The first-order valence-electron chi connectivity index (χ1n) is 10.4. The second-order valence-electron chi connectivity index (χ2n) is 7.94. The van der Waals surface area contributed by atoms with Crippen molar-refractivity contribution in [3.63, 3.8) is 0 Å². The number of aliphatic hydroxyl groups is 1. The number of hydrogen-bond acceptors (Lipinski definition) is 7. The molecular formula is C23H28N2O6S2. The zero-order valence-electron chi connectivity index (χ0n) is 18.7. The van der Waals surface area contributed by atoms with Crippen molar-refractivity contribution in [1.82, 2.24) is 9.62 Å². The lowest BCUT2D eigenvalue weighted by Crippen LogP contribution is -2.44. The van der Waals surface area contributed by atoms with E-state index in [4.69, 9.17) is 9.47 Å². The van der Waals surface area contributed by atoms with Gasteiger partial charge in [0.1, 0.15) is 11.5 Å². The van der Waals surface area contributed by atoms with Crippen LogP contribution in [0.3, 0.4) is 0 Å². The van der Waals surface area contributed by atoms with E-state index in [2.05, 4.69) is 5.32 Å². The smallest absolute Gasteiger partial charge is 0.412 e. The van der Waals surface area contributed by atoms with Gasteiger partial charge in [-0.25, -0.2) is 13.2 Å². The first-order chi connectivity index (χ1) is 15.7. The highest BCUT2D eigenvalue weighted by atomic mass is 32.2. The largest absolute Gasteiger partial charge is 0.497 e. The maximum atomic E-state index is 13.1. The number of ether oxygens (including phenoxy) is 2. The van der Waals surface area contributed by atoms with Crippen LogP contribution in [0.4, 0.5) is 4.79 Å². The normalized spacial score (nSPS) is 12.8. The molecular weight excluding hydrogens is 464 g/mol. The molecule has 10 heteroatoms. The zero-order chi connectivity index (χ0) is 24.0. The molecule has 0 saturated carbocycles. The monoisotopic (exact) mass is 492 g/mol. The summed E-state index contributed by atoms with van der Waals surface area (Å²) < 4.78 is 38.9. The standard InChI is InChI=1S/C23H28N2O6S2/c1-16(2)14-25(33(28,29)21-7-4-19(30-3)5-8-21)15-18(26)13-24-23(27)31-20-6-9-22-17(12-20)10-11-32-22/h4-12,16,18,26H,13-15H2,1-3H3,(H,24,27)/t18-/m0/s1. The van der Waals surface area contributed by atoms with Gasteiger partial charge in [-0.1, -0.05) is 13.8 Å². The molecule has 0 spiro atoms. The second-order valence-corrected chi connectivity index (χ2v) is 10.8. The Kier molecular flexibility index (Phi) is 8.30. The van der Waals surface area contributed by atoms with Gasteiger partial charge < -0.3 is 19.9 Å². The average molecular weight is 493 g/mol. The van der Waals surface area contributed by atoms with Crippen molar-refractivity contribution in [2.45, 2.75) is 24.8 Å². The zero-order valence-corrected chi connectivity index (χ0v) is 20.4. The number of benzene rings is 2. The van der Waals surface area contributed by atoms with Gasteiger partial charge in [0.15, 0.2) is 0 Å². The van der Waals surface area contributed by atoms with Crippen molar-refractivity contribution < 1.29 is 27.8 Å². The number of sulfonamides is 1. The molecule has 0 bridgehead atoms. The Morgan fingerprint density at radius 2 is 1.79 bits per heavy atom. The molecule has 0 aliphatic carbocycles. The van der Waals surface area contributed by atoms with Crippen LogP contribution < -0.4 is 14.8 Å². The van der Waals surface area contributed by atoms with Crippen LogP contribution >= 0.6 is 11.3 Å². The topological polar surface area (TPSA) is 105 Å². The third-order valence-corrected chi connectivity index (χ3v) is 7.54. The van der Waals surface area contributed by atoms with Crippen LogP contribution in [0.1, 0.15) is 13.8 Å². The number of hydrogen-bond donors (Lipinski definition) is 2. The predicted octanol–water partition coefficient (Wildman–Crippen LogP) is 3.71. The Labute approximate surface area is 197 Å². The highest BCUT2D eigenvalue weighted by molar-refractivity contribution is 7.89. The van der Waals surface area contributed by atoms with Crippen molar-refractivity contribution in [2.24, 2.45) is 5.92 Å². The summed E-state index contributed by atoms with van der Waals surface area (Å²) in [5, 5.41) is 15.9. The summed E-state index contributed by atoms with van der Waals surface area (Å²) in [5.74, 6) is 0.969. The Bertz CT molecular complexity index is 1180. The number of fused-ring (bicyclic) bond motifs is 1. The number of nitrogens with one attached hydrogen (secondary N) is 1. The van der Waals surface area contributed by atoms with Gasteiger partial charge in [0, 0.05) is 24.3 Å². The van der Waals surface area contributed by atoms with E-state index in [1.54, 1.807) is 35.6 Å². The molecule has 3 aromatic rings. The van der Waals surface area contributed by atoms with Gasteiger partial charge in [0.05, 0.1) is 18.1 Å². The van der Waals surface area contributed by atoms with Crippen molar-refractivity contribution in [3.8, 4) is 11.5 Å². The fourth-order valence-electron chi connectivity index (χ4n) is 3.23. The molecule has 0 fully saturated rings. The molecule has 0 unspecified atom stereocenters. The Morgan fingerprint density at radius 3 is 2.45 bits per heavy atom. The van der Waals surface area contributed by atoms with Crippen molar-refractivity contribution in [2.75, 3.05) is 26.7 Å². The van der Waals surface area contributed by atoms with Crippen molar-refractivity contribution >= 4 is 37.5 Å². The molecule has 0 aliphatic rings. The summed E-state index contributed by atoms with van der Waals surface area (Å²) in [4.78, 5) is 12.3. The van der Waals surface area contributed by atoms with Crippen LogP contribution in [0.15, 0.2) is 58.8 Å². The highest BCUT2D eigenvalue weighted by Crippen LogP contribution is 2.25. The van der Waals surface area contributed by atoms with E-state index in [1.807, 2.05) is 31.4 Å². The Hall–Kier alpha value is -2.66. The molecule has 2 N–H and O–H groups in total. The Balaban J connectivity index is 1.60. The lowest BCUT2D eigenvalue weighted by molar-refractivity contribution is 0.135. The lowest BCUT2D eigenvalue weighted by Gasteiger charge is -2.26. The average Bonchev–Trinajstić information content (AvgIpc) is 3.25. The van der Waals surface area contributed by atoms with E-state index >= 15 is 0 Å². The van der Waals surface area contributed by atoms with E-state index in [0.29, 0.717) is 11.5 Å². The second kappa shape index (κ2) is 11.0. The molecule has 1 heterocycles. The summed E-state index contributed by atoms with van der Waals surface area (Å²) in [5.41, 5.74) is 0. The minimum Gasteiger partial charge on any atom is -0.497 e. The van der Waals surface area contributed by atoms with E-state index in [9.17, 15) is 18.3 Å².